The summed E-state index contributed by atoms with van der Waals surface area (Å²) < 4.78 is 52.6. The Morgan fingerprint density at radius 1 is 0.783 bits per heavy atom. The molecule has 69 heavy (non-hydrogen) atoms. The zero-order chi connectivity index (χ0) is 49.7. The van der Waals surface area contributed by atoms with Crippen LogP contribution in [-0.2, 0) is 32.7 Å². The van der Waals surface area contributed by atoms with Crippen LogP contribution in [-0.4, -0.2) is 132 Å². The summed E-state index contributed by atoms with van der Waals surface area (Å²) in [6.45, 7) is 25.4. The largest absolute Gasteiger partial charge is 0.491 e. The van der Waals surface area contributed by atoms with Gasteiger partial charge in [0.2, 0.25) is 0 Å². The van der Waals surface area contributed by atoms with Gasteiger partial charge in [-0.25, -0.2) is 33.4 Å². The molecular weight excluding hydrogens is 902 g/mol. The third-order valence-electron chi connectivity index (χ3n) is 11.7. The van der Waals surface area contributed by atoms with Crippen LogP contribution in [0.5, 0.6) is 5.75 Å². The SMILES string of the molecule is CCOC(=O)n1c(-c2ccc(OCCOC(C)(C)COC(C)C(C)CCOP(OCCC#N)N(C(C)C)C(C)C)cc2)nc2cc(-c3nc4cc(N5CCOCC5)ccc4n3C(=O)OCC)ccc21. The Morgan fingerprint density at radius 3 is 1.97 bits per heavy atom. The number of carbonyl (C=O) groups is 2. The third-order valence-corrected chi connectivity index (χ3v) is 13.8. The first-order valence-corrected chi connectivity index (χ1v) is 25.2. The van der Waals surface area contributed by atoms with Crippen molar-refractivity contribution in [3.8, 4) is 34.6 Å². The number of carbonyl (C=O) groups excluding carboxylic acids is 2. The first-order valence-electron chi connectivity index (χ1n) is 24.1. The molecule has 5 aromatic rings. The van der Waals surface area contributed by atoms with Gasteiger partial charge in [-0.3, -0.25) is 0 Å². The van der Waals surface area contributed by atoms with Gasteiger partial charge in [-0.15, -0.1) is 0 Å². The second-order valence-electron chi connectivity index (χ2n) is 18.1. The number of morpholine rings is 1. The molecule has 0 saturated carbocycles. The number of aromatic nitrogens is 4. The molecule has 3 atom stereocenters. The van der Waals surface area contributed by atoms with E-state index in [9.17, 15) is 9.59 Å². The lowest BCUT2D eigenvalue weighted by atomic mass is 10.0. The Kier molecular flexibility index (Phi) is 19.3. The van der Waals surface area contributed by atoms with Crippen LogP contribution in [0.2, 0.25) is 0 Å². The molecule has 2 aromatic heterocycles. The lowest BCUT2D eigenvalue weighted by Crippen LogP contribution is -2.36. The van der Waals surface area contributed by atoms with E-state index < -0.39 is 26.3 Å². The summed E-state index contributed by atoms with van der Waals surface area (Å²) in [6, 6.07) is 21.3. The molecule has 3 heterocycles. The molecule has 0 spiro atoms. The molecule has 6 rings (SSSR count). The molecule has 374 valence electrons. The minimum absolute atomic E-state index is 0.0293. The van der Waals surface area contributed by atoms with Gasteiger partial charge in [-0.2, -0.15) is 5.26 Å². The smallest absolute Gasteiger partial charge is 0.420 e. The van der Waals surface area contributed by atoms with Gasteiger partial charge in [0.25, 0.3) is 8.53 Å². The Morgan fingerprint density at radius 2 is 1.36 bits per heavy atom. The van der Waals surface area contributed by atoms with Crippen molar-refractivity contribution in [1.29, 1.82) is 5.26 Å². The molecule has 3 aromatic carbocycles. The molecule has 18 heteroatoms. The molecule has 1 fully saturated rings. The number of hydrogen-bond acceptors (Lipinski definition) is 15. The van der Waals surface area contributed by atoms with Crippen molar-refractivity contribution in [2.24, 2.45) is 5.92 Å². The van der Waals surface area contributed by atoms with E-state index in [1.807, 2.05) is 68.4 Å². The number of benzene rings is 3. The minimum Gasteiger partial charge on any atom is -0.491 e. The normalized spacial score (nSPS) is 14.7. The van der Waals surface area contributed by atoms with Crippen LogP contribution < -0.4 is 9.64 Å². The van der Waals surface area contributed by atoms with Crippen molar-refractivity contribution < 1.29 is 47.1 Å². The summed E-state index contributed by atoms with van der Waals surface area (Å²) in [6.07, 6.45) is -0.0190. The van der Waals surface area contributed by atoms with Crippen LogP contribution in [0.15, 0.2) is 60.7 Å². The number of anilines is 1. The molecule has 0 radical (unpaired) electrons. The molecular formula is C51H70N7O10P. The fourth-order valence-corrected chi connectivity index (χ4v) is 9.62. The predicted octanol–water partition coefficient (Wildman–Crippen LogP) is 10.5. The highest BCUT2D eigenvalue weighted by atomic mass is 31.2. The van der Waals surface area contributed by atoms with Gasteiger partial charge >= 0.3 is 12.2 Å². The average molecular weight is 972 g/mol. The Labute approximate surface area is 407 Å². The molecule has 0 N–H and O–H groups in total. The van der Waals surface area contributed by atoms with E-state index >= 15 is 0 Å². The van der Waals surface area contributed by atoms with Gasteiger partial charge in [0.1, 0.15) is 12.4 Å². The van der Waals surface area contributed by atoms with Gasteiger partial charge < -0.3 is 42.4 Å². The zero-order valence-corrected chi connectivity index (χ0v) is 42.8. The summed E-state index contributed by atoms with van der Waals surface area (Å²) in [5, 5.41) is 9.01. The van der Waals surface area contributed by atoms with E-state index in [0.717, 1.165) is 25.2 Å². The van der Waals surface area contributed by atoms with Gasteiger partial charge in [-0.05, 0) is 135 Å². The van der Waals surface area contributed by atoms with Crippen LogP contribution in [0.4, 0.5) is 15.3 Å². The van der Waals surface area contributed by atoms with E-state index in [1.165, 1.54) is 9.13 Å². The summed E-state index contributed by atoms with van der Waals surface area (Å²) in [5.41, 5.74) is 4.04. The van der Waals surface area contributed by atoms with Crippen LogP contribution in [0.3, 0.4) is 0 Å². The first kappa shape index (κ1) is 53.2. The number of fused-ring (bicyclic) bond motifs is 2. The Hall–Kier alpha value is -5.18. The van der Waals surface area contributed by atoms with Crippen molar-refractivity contribution in [3.05, 3.63) is 60.7 Å². The lowest BCUT2D eigenvalue weighted by Gasteiger charge is -2.36. The number of rotatable bonds is 24. The zero-order valence-electron chi connectivity index (χ0n) is 41.9. The molecule has 1 aliphatic heterocycles. The standard InChI is InChI=1S/C51H70N7O10P/c1-11-62-49(59)56-45-20-16-40(48-54-44-33-41(55-24-28-61-29-25-55)17-21-46(44)57(48)50(60)63-12-2)32-43(45)53-47(56)39-14-18-42(19-15-39)64-30-31-66-51(9,10)34-65-38(8)37(7)22-27-68-69(67-26-13-23-52)58(35(3)4)36(5)6/h14-21,32-33,35-38H,11-13,22,24-31,34H2,1-10H3. The quantitative estimate of drug-likeness (QED) is 0.0422. The second-order valence-corrected chi connectivity index (χ2v) is 19.5. The highest BCUT2D eigenvalue weighted by molar-refractivity contribution is 7.44. The van der Waals surface area contributed by atoms with E-state index in [1.54, 1.807) is 19.9 Å². The molecule has 1 saturated heterocycles. The van der Waals surface area contributed by atoms with Crippen molar-refractivity contribution in [3.63, 3.8) is 0 Å². The molecule has 0 amide bonds. The molecule has 3 unspecified atom stereocenters. The van der Waals surface area contributed by atoms with E-state index in [-0.39, 0.29) is 37.3 Å². The van der Waals surface area contributed by atoms with Crippen LogP contribution in [0.25, 0.3) is 44.8 Å². The van der Waals surface area contributed by atoms with Crippen LogP contribution >= 0.6 is 8.53 Å². The fourth-order valence-electron chi connectivity index (χ4n) is 8.02. The maximum atomic E-state index is 13.5. The van der Waals surface area contributed by atoms with Crippen molar-refractivity contribution in [2.45, 2.75) is 106 Å². The summed E-state index contributed by atoms with van der Waals surface area (Å²) >= 11 is 0. The molecule has 1 aliphatic rings. The maximum Gasteiger partial charge on any atom is 0.420 e. The minimum atomic E-state index is -1.28. The van der Waals surface area contributed by atoms with Crippen molar-refractivity contribution in [2.75, 3.05) is 77.5 Å². The van der Waals surface area contributed by atoms with Gasteiger partial charge in [-0.1, -0.05) is 6.92 Å². The number of ether oxygens (including phenoxy) is 6. The van der Waals surface area contributed by atoms with E-state index in [2.05, 4.69) is 57.2 Å². The highest BCUT2D eigenvalue weighted by Crippen LogP contribution is 2.46. The van der Waals surface area contributed by atoms with Crippen molar-refractivity contribution >= 4 is 48.5 Å². The van der Waals surface area contributed by atoms with Crippen molar-refractivity contribution in [1.82, 2.24) is 23.8 Å². The average Bonchev–Trinajstić information content (AvgIpc) is 3.91. The third kappa shape index (κ3) is 13.8. The van der Waals surface area contributed by atoms with E-state index in [0.29, 0.717) is 103 Å². The fraction of sp³-hybridized carbons (Fsp3) is 0.549. The Balaban J connectivity index is 1.07. The maximum absolute atomic E-state index is 13.5. The molecule has 17 nitrogen and oxygen atoms in total. The molecule has 0 aliphatic carbocycles. The summed E-state index contributed by atoms with van der Waals surface area (Å²) in [7, 11) is -1.28. The lowest BCUT2D eigenvalue weighted by molar-refractivity contribution is -0.105. The first-order chi connectivity index (χ1) is 33.2. The number of imidazole rings is 2. The van der Waals surface area contributed by atoms with Gasteiger partial charge in [0.05, 0.1) is 99.1 Å². The van der Waals surface area contributed by atoms with Gasteiger partial charge in [0, 0.05) is 42.0 Å². The topological polar surface area (TPSA) is 174 Å². The van der Waals surface area contributed by atoms with E-state index in [4.69, 9.17) is 52.7 Å². The van der Waals surface area contributed by atoms with Crippen LogP contribution in [0, 0.1) is 17.2 Å². The number of nitriles is 1. The summed E-state index contributed by atoms with van der Waals surface area (Å²) in [4.78, 5) is 39.1. The van der Waals surface area contributed by atoms with Crippen LogP contribution in [0.1, 0.15) is 82.1 Å². The number of hydrogen-bond donors (Lipinski definition) is 0. The summed E-state index contributed by atoms with van der Waals surface area (Å²) in [5.74, 6) is 1.63. The number of nitrogens with zero attached hydrogens (tertiary/aromatic N) is 7. The van der Waals surface area contributed by atoms with Gasteiger partial charge in [0.15, 0.2) is 11.6 Å². The highest BCUT2D eigenvalue weighted by Gasteiger charge is 2.29. The molecule has 0 bridgehead atoms. The second kappa shape index (κ2) is 25.1. The Bertz CT molecular complexity index is 2490. The monoisotopic (exact) mass is 971 g/mol. The predicted molar refractivity (Wildman–Crippen MR) is 268 cm³/mol.